The van der Waals surface area contributed by atoms with E-state index >= 15 is 0 Å². The summed E-state index contributed by atoms with van der Waals surface area (Å²) < 4.78 is 0. The van der Waals surface area contributed by atoms with E-state index in [4.69, 9.17) is 0 Å². The molecule has 0 spiro atoms. The van der Waals surface area contributed by atoms with Crippen molar-refractivity contribution in [2.75, 3.05) is 19.6 Å². The Balaban J connectivity index is 1.88. The maximum atomic E-state index is 12.0. The van der Waals surface area contributed by atoms with Gasteiger partial charge in [0.2, 0.25) is 5.91 Å². The molecule has 0 atom stereocenters. The van der Waals surface area contributed by atoms with Gasteiger partial charge in [0.1, 0.15) is 0 Å². The van der Waals surface area contributed by atoms with Crippen molar-refractivity contribution in [2.45, 2.75) is 45.2 Å². The molecule has 2 fully saturated rings. The summed E-state index contributed by atoms with van der Waals surface area (Å²) in [5.41, 5.74) is -0.265. The number of urea groups is 2. The lowest BCUT2D eigenvalue weighted by Gasteiger charge is -2.36. The van der Waals surface area contributed by atoms with Crippen molar-refractivity contribution in [3.63, 3.8) is 0 Å². The second kappa shape index (κ2) is 5.30. The van der Waals surface area contributed by atoms with E-state index in [0.29, 0.717) is 25.9 Å². The third kappa shape index (κ3) is 3.20. The fraction of sp³-hybridized carbons (Fsp3) is 0.769. The number of carbonyl (C=O) groups excluding carboxylic acids is 3. The van der Waals surface area contributed by atoms with Gasteiger partial charge in [-0.1, -0.05) is 0 Å². The van der Waals surface area contributed by atoms with Crippen LogP contribution < -0.4 is 10.6 Å². The molecule has 20 heavy (non-hydrogen) atoms. The van der Waals surface area contributed by atoms with Crippen molar-refractivity contribution in [1.29, 1.82) is 0 Å². The fourth-order valence-corrected chi connectivity index (χ4v) is 2.53. The molecule has 5 amide bonds. The molecule has 2 aliphatic heterocycles. The van der Waals surface area contributed by atoms with Gasteiger partial charge in [0, 0.05) is 24.7 Å². The maximum Gasteiger partial charge on any atom is 0.324 e. The van der Waals surface area contributed by atoms with Crippen molar-refractivity contribution >= 4 is 18.0 Å². The predicted molar refractivity (Wildman–Crippen MR) is 73.1 cm³/mol. The number of amides is 5. The molecule has 0 aliphatic carbocycles. The summed E-state index contributed by atoms with van der Waals surface area (Å²) in [5, 5.41) is 5.44. The monoisotopic (exact) mass is 282 g/mol. The second-order valence-electron chi connectivity index (χ2n) is 6.32. The maximum absolute atomic E-state index is 12.0. The van der Waals surface area contributed by atoms with Crippen LogP contribution in [-0.2, 0) is 4.79 Å². The molecule has 2 rings (SSSR count). The average molecular weight is 282 g/mol. The normalized spacial score (nSPS) is 21.1. The van der Waals surface area contributed by atoms with Crippen molar-refractivity contribution in [1.82, 2.24) is 20.4 Å². The Morgan fingerprint density at radius 3 is 2.30 bits per heavy atom. The molecular weight excluding hydrogens is 260 g/mol. The van der Waals surface area contributed by atoms with Gasteiger partial charge in [-0.15, -0.1) is 0 Å². The van der Waals surface area contributed by atoms with E-state index in [1.165, 1.54) is 4.90 Å². The van der Waals surface area contributed by atoms with Crippen LogP contribution in [0.3, 0.4) is 0 Å². The molecule has 0 radical (unpaired) electrons. The minimum absolute atomic E-state index is 0.0869. The first-order valence-electron chi connectivity index (χ1n) is 6.95. The molecule has 2 saturated heterocycles. The van der Waals surface area contributed by atoms with Crippen LogP contribution in [0.2, 0.25) is 0 Å². The van der Waals surface area contributed by atoms with E-state index in [9.17, 15) is 14.4 Å². The van der Waals surface area contributed by atoms with Crippen LogP contribution in [0.5, 0.6) is 0 Å². The number of imide groups is 1. The number of nitrogens with zero attached hydrogens (tertiary/aromatic N) is 2. The van der Waals surface area contributed by atoms with Crippen LogP contribution in [0.25, 0.3) is 0 Å². The molecule has 0 saturated carbocycles. The Hall–Kier alpha value is -1.79. The first-order valence-corrected chi connectivity index (χ1v) is 6.95. The molecule has 0 aromatic rings. The smallest absolute Gasteiger partial charge is 0.324 e. The predicted octanol–water partition coefficient (Wildman–Crippen LogP) is 0.511. The Bertz CT molecular complexity index is 406. The highest BCUT2D eigenvalue weighted by atomic mass is 16.2. The van der Waals surface area contributed by atoms with Gasteiger partial charge in [0.15, 0.2) is 0 Å². The average Bonchev–Trinajstić information content (AvgIpc) is 2.67. The quantitative estimate of drug-likeness (QED) is 0.688. The Kier molecular flexibility index (Phi) is 3.87. The molecule has 2 heterocycles. The Morgan fingerprint density at radius 2 is 1.85 bits per heavy atom. The largest absolute Gasteiger partial charge is 0.333 e. The summed E-state index contributed by atoms with van der Waals surface area (Å²) in [5.74, 6) is -0.174. The highest BCUT2D eigenvalue weighted by Crippen LogP contribution is 2.19. The molecule has 0 bridgehead atoms. The van der Waals surface area contributed by atoms with E-state index in [-0.39, 0.29) is 36.1 Å². The van der Waals surface area contributed by atoms with Crippen LogP contribution in [0.1, 0.15) is 33.6 Å². The molecule has 7 nitrogen and oxygen atoms in total. The van der Waals surface area contributed by atoms with Gasteiger partial charge in [0.25, 0.3) is 0 Å². The third-order valence-electron chi connectivity index (χ3n) is 3.48. The number of carbonyl (C=O) groups is 3. The van der Waals surface area contributed by atoms with Crippen molar-refractivity contribution in [3.05, 3.63) is 0 Å². The van der Waals surface area contributed by atoms with E-state index in [1.807, 2.05) is 20.8 Å². The standard InChI is InChI=1S/C13H22N4O3/c1-13(2,3)15-12(20)16-6-4-9(5-7-16)17-10(18)8-14-11(17)19/h9H,4-8H2,1-3H3,(H,14,19)(H,15,20). The molecule has 2 aliphatic rings. The number of piperidine rings is 1. The van der Waals surface area contributed by atoms with Gasteiger partial charge in [-0.05, 0) is 33.6 Å². The molecule has 112 valence electrons. The lowest BCUT2D eigenvalue weighted by Crippen LogP contribution is -2.54. The second-order valence-corrected chi connectivity index (χ2v) is 6.32. The SMILES string of the molecule is CC(C)(C)NC(=O)N1CCC(N2C(=O)CNC2=O)CC1. The van der Waals surface area contributed by atoms with Gasteiger partial charge in [0.05, 0.1) is 6.54 Å². The van der Waals surface area contributed by atoms with Crippen LogP contribution in [0, 0.1) is 0 Å². The summed E-state index contributed by atoms with van der Waals surface area (Å²) >= 11 is 0. The summed E-state index contributed by atoms with van der Waals surface area (Å²) in [6.45, 7) is 7.01. The highest BCUT2D eigenvalue weighted by Gasteiger charge is 2.37. The topological polar surface area (TPSA) is 81.8 Å². The third-order valence-corrected chi connectivity index (χ3v) is 3.48. The lowest BCUT2D eigenvalue weighted by molar-refractivity contribution is -0.127. The molecule has 0 aromatic heterocycles. The van der Waals surface area contributed by atoms with Crippen LogP contribution in [0.15, 0.2) is 0 Å². The number of hydrogen-bond acceptors (Lipinski definition) is 3. The van der Waals surface area contributed by atoms with Crippen LogP contribution in [-0.4, -0.2) is 59.0 Å². The van der Waals surface area contributed by atoms with Crippen molar-refractivity contribution in [2.24, 2.45) is 0 Å². The molecule has 2 N–H and O–H groups in total. The van der Waals surface area contributed by atoms with Crippen molar-refractivity contribution < 1.29 is 14.4 Å². The van der Waals surface area contributed by atoms with Gasteiger partial charge < -0.3 is 15.5 Å². The van der Waals surface area contributed by atoms with Crippen molar-refractivity contribution in [3.8, 4) is 0 Å². The minimum atomic E-state index is -0.312. The van der Waals surface area contributed by atoms with Crippen LogP contribution in [0.4, 0.5) is 9.59 Å². The number of nitrogens with one attached hydrogen (secondary N) is 2. The van der Waals surface area contributed by atoms with Gasteiger partial charge >= 0.3 is 12.1 Å². The summed E-state index contributed by atoms with van der Waals surface area (Å²) in [6, 6.07) is -0.496. The first-order chi connectivity index (χ1) is 9.28. The number of hydrogen-bond donors (Lipinski definition) is 2. The summed E-state index contributed by atoms with van der Waals surface area (Å²) in [7, 11) is 0. The number of rotatable bonds is 1. The summed E-state index contributed by atoms with van der Waals surface area (Å²) in [6.07, 6.45) is 1.27. The molecule has 0 aromatic carbocycles. The molecule has 0 unspecified atom stereocenters. The van der Waals surface area contributed by atoms with Gasteiger partial charge in [-0.2, -0.15) is 0 Å². The Morgan fingerprint density at radius 1 is 1.25 bits per heavy atom. The molecule has 7 heteroatoms. The zero-order chi connectivity index (χ0) is 14.9. The lowest BCUT2D eigenvalue weighted by atomic mass is 10.0. The van der Waals surface area contributed by atoms with E-state index in [0.717, 1.165) is 0 Å². The Labute approximate surface area is 118 Å². The zero-order valence-corrected chi connectivity index (χ0v) is 12.2. The van der Waals surface area contributed by atoms with E-state index in [2.05, 4.69) is 10.6 Å². The van der Waals surface area contributed by atoms with Gasteiger partial charge in [-0.3, -0.25) is 9.69 Å². The highest BCUT2D eigenvalue weighted by molar-refractivity contribution is 6.02. The minimum Gasteiger partial charge on any atom is -0.333 e. The number of likely N-dealkylation sites (tertiary alicyclic amines) is 1. The zero-order valence-electron chi connectivity index (χ0n) is 12.2. The van der Waals surface area contributed by atoms with E-state index in [1.54, 1.807) is 4.90 Å². The fourth-order valence-electron chi connectivity index (χ4n) is 2.53. The van der Waals surface area contributed by atoms with E-state index < -0.39 is 0 Å². The van der Waals surface area contributed by atoms with Crippen LogP contribution >= 0.6 is 0 Å². The molecular formula is C13H22N4O3. The van der Waals surface area contributed by atoms with Gasteiger partial charge in [-0.25, -0.2) is 9.59 Å². The first kappa shape index (κ1) is 14.6. The summed E-state index contributed by atoms with van der Waals surface area (Å²) in [4.78, 5) is 38.3.